The lowest BCUT2D eigenvalue weighted by Crippen LogP contribution is -2.30. The number of para-hydroxylation sites is 2. The van der Waals surface area contributed by atoms with Gasteiger partial charge >= 0.3 is 5.97 Å². The van der Waals surface area contributed by atoms with E-state index < -0.39 is 12.0 Å². The maximum absolute atomic E-state index is 11.8. The fraction of sp³-hybridized carbons (Fsp3) is 0.429. The van der Waals surface area contributed by atoms with Crippen molar-refractivity contribution in [1.29, 1.82) is 0 Å². The molecule has 116 valence electrons. The number of carbonyl (C=O) groups is 2. The number of methoxy groups -OCH3 is 1. The number of ether oxygens (including phenoxy) is 1. The molecular formula is C14H20N2O4S. The zero-order valence-electron chi connectivity index (χ0n) is 11.9. The molecule has 1 amide bonds. The van der Waals surface area contributed by atoms with Gasteiger partial charge in [0.1, 0.15) is 11.8 Å². The maximum atomic E-state index is 11.8. The maximum Gasteiger partial charge on any atom is 0.320 e. The van der Waals surface area contributed by atoms with Crippen LogP contribution in [0.25, 0.3) is 0 Å². The van der Waals surface area contributed by atoms with Crippen LogP contribution in [-0.4, -0.2) is 41.6 Å². The van der Waals surface area contributed by atoms with Gasteiger partial charge in [-0.25, -0.2) is 0 Å². The standard InChI is InChI=1S/C14H20N2O4S/c1-20-12-5-3-2-4-11(12)16-13(17)7-9-21-8-6-10(15)14(18)19/h2-5,10H,6-9,15H2,1H3,(H,16,17)(H,18,19). The number of amides is 1. The summed E-state index contributed by atoms with van der Waals surface area (Å²) in [5.41, 5.74) is 6.03. The lowest BCUT2D eigenvalue weighted by atomic mass is 10.2. The van der Waals surface area contributed by atoms with Gasteiger partial charge in [0.25, 0.3) is 0 Å². The molecule has 1 atom stereocenters. The van der Waals surface area contributed by atoms with E-state index in [1.54, 1.807) is 19.2 Å². The zero-order valence-corrected chi connectivity index (χ0v) is 12.7. The van der Waals surface area contributed by atoms with Crippen LogP contribution in [0.2, 0.25) is 0 Å². The number of rotatable bonds is 9. The molecule has 4 N–H and O–H groups in total. The first-order valence-electron chi connectivity index (χ1n) is 6.53. The molecule has 0 fully saturated rings. The van der Waals surface area contributed by atoms with Gasteiger partial charge in [-0.05, 0) is 24.3 Å². The lowest BCUT2D eigenvalue weighted by Gasteiger charge is -2.10. The Hall–Kier alpha value is -1.73. The molecule has 0 aliphatic heterocycles. The number of carbonyl (C=O) groups excluding carboxylic acids is 1. The van der Waals surface area contributed by atoms with Gasteiger partial charge in [-0.3, -0.25) is 9.59 Å². The number of thioether (sulfide) groups is 1. The fourth-order valence-corrected chi connectivity index (χ4v) is 2.52. The molecule has 1 rings (SSSR count). The molecule has 1 unspecified atom stereocenters. The summed E-state index contributed by atoms with van der Waals surface area (Å²) in [6.07, 6.45) is 0.749. The van der Waals surface area contributed by atoms with Gasteiger partial charge < -0.3 is 20.9 Å². The molecule has 0 saturated carbocycles. The summed E-state index contributed by atoms with van der Waals surface area (Å²) >= 11 is 1.51. The van der Waals surface area contributed by atoms with E-state index in [2.05, 4.69) is 5.32 Å². The SMILES string of the molecule is COc1ccccc1NC(=O)CCSCCC(N)C(=O)O. The number of anilines is 1. The van der Waals surface area contributed by atoms with Crippen molar-refractivity contribution in [3.63, 3.8) is 0 Å². The van der Waals surface area contributed by atoms with Crippen molar-refractivity contribution in [1.82, 2.24) is 0 Å². The highest BCUT2D eigenvalue weighted by atomic mass is 32.2. The first kappa shape index (κ1) is 17.3. The molecule has 0 radical (unpaired) electrons. The van der Waals surface area contributed by atoms with Gasteiger partial charge in [0, 0.05) is 12.2 Å². The van der Waals surface area contributed by atoms with Crippen LogP contribution in [-0.2, 0) is 9.59 Å². The van der Waals surface area contributed by atoms with Crippen molar-refractivity contribution >= 4 is 29.3 Å². The van der Waals surface area contributed by atoms with E-state index in [1.165, 1.54) is 11.8 Å². The molecule has 7 heteroatoms. The Labute approximate surface area is 128 Å². The zero-order chi connectivity index (χ0) is 15.7. The van der Waals surface area contributed by atoms with Crippen LogP contribution in [0, 0.1) is 0 Å². The van der Waals surface area contributed by atoms with Crippen LogP contribution in [0.1, 0.15) is 12.8 Å². The monoisotopic (exact) mass is 312 g/mol. The molecule has 0 aliphatic rings. The molecule has 6 nitrogen and oxygen atoms in total. The van der Waals surface area contributed by atoms with Crippen molar-refractivity contribution in [2.24, 2.45) is 5.73 Å². The molecular weight excluding hydrogens is 292 g/mol. The lowest BCUT2D eigenvalue weighted by molar-refractivity contribution is -0.138. The van der Waals surface area contributed by atoms with Gasteiger partial charge in [0.2, 0.25) is 5.91 Å². The summed E-state index contributed by atoms with van der Waals surface area (Å²) in [4.78, 5) is 22.3. The summed E-state index contributed by atoms with van der Waals surface area (Å²) in [5.74, 6) is 0.757. The van der Waals surface area contributed by atoms with Crippen LogP contribution in [0.15, 0.2) is 24.3 Å². The van der Waals surface area contributed by atoms with E-state index in [4.69, 9.17) is 15.6 Å². The van der Waals surface area contributed by atoms with Crippen LogP contribution >= 0.6 is 11.8 Å². The van der Waals surface area contributed by atoms with Crippen molar-refractivity contribution in [3.05, 3.63) is 24.3 Å². The molecule has 0 aromatic heterocycles. The van der Waals surface area contributed by atoms with Crippen LogP contribution in [0.5, 0.6) is 5.75 Å². The van der Waals surface area contributed by atoms with Crippen molar-refractivity contribution in [3.8, 4) is 5.75 Å². The molecule has 1 aromatic rings. The van der Waals surface area contributed by atoms with Gasteiger partial charge in [-0.1, -0.05) is 12.1 Å². The third-order valence-corrected chi connectivity index (χ3v) is 3.76. The molecule has 0 aliphatic carbocycles. The molecule has 1 aromatic carbocycles. The minimum Gasteiger partial charge on any atom is -0.495 e. The van der Waals surface area contributed by atoms with E-state index in [9.17, 15) is 9.59 Å². The number of benzene rings is 1. The summed E-state index contributed by atoms with van der Waals surface area (Å²) in [6, 6.07) is 6.36. The smallest absolute Gasteiger partial charge is 0.320 e. The van der Waals surface area contributed by atoms with E-state index in [0.29, 0.717) is 35.8 Å². The third kappa shape index (κ3) is 6.50. The Balaban J connectivity index is 2.24. The van der Waals surface area contributed by atoms with Crippen molar-refractivity contribution in [2.45, 2.75) is 18.9 Å². The van der Waals surface area contributed by atoms with Gasteiger partial charge in [0.15, 0.2) is 0 Å². The van der Waals surface area contributed by atoms with Gasteiger partial charge in [-0.15, -0.1) is 0 Å². The highest BCUT2D eigenvalue weighted by Crippen LogP contribution is 2.23. The topological polar surface area (TPSA) is 102 Å². The van der Waals surface area contributed by atoms with E-state index in [-0.39, 0.29) is 5.91 Å². The average molecular weight is 312 g/mol. The first-order chi connectivity index (χ1) is 10.0. The van der Waals surface area contributed by atoms with Crippen LogP contribution < -0.4 is 15.8 Å². The number of nitrogens with one attached hydrogen (secondary N) is 1. The molecule has 0 bridgehead atoms. The minimum atomic E-state index is -0.996. The number of nitrogens with two attached hydrogens (primary N) is 1. The number of hydrogen-bond donors (Lipinski definition) is 3. The minimum absolute atomic E-state index is 0.102. The second-order valence-electron chi connectivity index (χ2n) is 4.34. The molecule has 0 spiro atoms. The predicted octanol–water partition coefficient (Wildman–Crippen LogP) is 1.56. The van der Waals surface area contributed by atoms with E-state index in [0.717, 1.165) is 0 Å². The van der Waals surface area contributed by atoms with E-state index in [1.807, 2.05) is 12.1 Å². The summed E-state index contributed by atoms with van der Waals surface area (Å²) in [5, 5.41) is 11.4. The summed E-state index contributed by atoms with van der Waals surface area (Å²) in [7, 11) is 1.55. The Morgan fingerprint density at radius 2 is 2.10 bits per heavy atom. The van der Waals surface area contributed by atoms with Gasteiger partial charge in [0.05, 0.1) is 12.8 Å². The molecule has 0 heterocycles. The highest BCUT2D eigenvalue weighted by molar-refractivity contribution is 7.99. The number of carboxylic acid groups (broad SMARTS) is 1. The number of hydrogen-bond acceptors (Lipinski definition) is 5. The summed E-state index contributed by atoms with van der Waals surface area (Å²) < 4.78 is 5.15. The highest BCUT2D eigenvalue weighted by Gasteiger charge is 2.11. The van der Waals surface area contributed by atoms with E-state index >= 15 is 0 Å². The fourth-order valence-electron chi connectivity index (χ4n) is 1.56. The molecule has 0 saturated heterocycles. The largest absolute Gasteiger partial charge is 0.495 e. The number of aliphatic carboxylic acids is 1. The normalized spacial score (nSPS) is 11.7. The Morgan fingerprint density at radius 3 is 2.76 bits per heavy atom. The first-order valence-corrected chi connectivity index (χ1v) is 7.69. The van der Waals surface area contributed by atoms with Crippen molar-refractivity contribution < 1.29 is 19.4 Å². The summed E-state index contributed by atoms with van der Waals surface area (Å²) in [6.45, 7) is 0. The average Bonchev–Trinajstić information content (AvgIpc) is 2.47. The second kappa shape index (κ2) is 9.25. The number of carboxylic acids is 1. The van der Waals surface area contributed by atoms with Crippen LogP contribution in [0.3, 0.4) is 0 Å². The molecule has 21 heavy (non-hydrogen) atoms. The predicted molar refractivity (Wildman–Crippen MR) is 83.8 cm³/mol. The Morgan fingerprint density at radius 1 is 1.38 bits per heavy atom. The second-order valence-corrected chi connectivity index (χ2v) is 5.57. The van der Waals surface area contributed by atoms with Crippen molar-refractivity contribution in [2.75, 3.05) is 23.9 Å². The quantitative estimate of drug-likeness (QED) is 0.598. The van der Waals surface area contributed by atoms with Gasteiger partial charge in [-0.2, -0.15) is 11.8 Å². The third-order valence-electron chi connectivity index (χ3n) is 2.74. The Kier molecular flexibility index (Phi) is 7.63. The van der Waals surface area contributed by atoms with Crippen LogP contribution in [0.4, 0.5) is 5.69 Å². The Bertz CT molecular complexity index is 482.